The standard InChI is InChI=1S/C23H25Cl2N5O3/c1-14(23(2,3)32)27-21-26-12-11-20(29-21)30(16-6-8-17(33-4)9-7-16)22(31)28-19-13-15(24)5-10-18(19)25/h5-14,32H,1-4H3,(H,28,31)(H,26,27,29)/t14-/m0/s1. The number of amides is 2. The summed E-state index contributed by atoms with van der Waals surface area (Å²) in [5.74, 6) is 1.20. The minimum absolute atomic E-state index is 0.259. The van der Waals surface area contributed by atoms with Crippen molar-refractivity contribution in [3.63, 3.8) is 0 Å². The lowest BCUT2D eigenvalue weighted by molar-refractivity contribution is 0.0646. The smallest absolute Gasteiger partial charge is 0.332 e. The largest absolute Gasteiger partial charge is 0.497 e. The van der Waals surface area contributed by atoms with E-state index in [1.54, 1.807) is 69.5 Å². The Labute approximate surface area is 202 Å². The molecule has 3 rings (SSSR count). The van der Waals surface area contributed by atoms with Crippen LogP contribution in [0.25, 0.3) is 0 Å². The maximum atomic E-state index is 13.4. The van der Waals surface area contributed by atoms with Gasteiger partial charge in [0.2, 0.25) is 5.95 Å². The molecule has 0 aliphatic rings. The zero-order chi connectivity index (χ0) is 24.2. The highest BCUT2D eigenvalue weighted by molar-refractivity contribution is 6.35. The molecule has 10 heteroatoms. The number of benzene rings is 2. The summed E-state index contributed by atoms with van der Waals surface area (Å²) in [5.41, 5.74) is -0.113. The van der Waals surface area contributed by atoms with Crippen molar-refractivity contribution in [2.45, 2.75) is 32.4 Å². The van der Waals surface area contributed by atoms with Crippen molar-refractivity contribution >= 4 is 52.4 Å². The van der Waals surface area contributed by atoms with E-state index in [9.17, 15) is 9.90 Å². The third kappa shape index (κ3) is 6.25. The van der Waals surface area contributed by atoms with E-state index in [0.29, 0.717) is 33.0 Å². The first kappa shape index (κ1) is 24.6. The van der Waals surface area contributed by atoms with Crippen LogP contribution in [-0.2, 0) is 0 Å². The van der Waals surface area contributed by atoms with E-state index in [1.807, 2.05) is 6.92 Å². The van der Waals surface area contributed by atoms with Crippen LogP contribution in [0.3, 0.4) is 0 Å². The normalized spacial score (nSPS) is 12.1. The number of ether oxygens (including phenoxy) is 1. The van der Waals surface area contributed by atoms with Gasteiger partial charge in [-0.25, -0.2) is 14.7 Å². The summed E-state index contributed by atoms with van der Waals surface area (Å²) in [7, 11) is 1.56. The number of rotatable bonds is 7. The first-order valence-electron chi connectivity index (χ1n) is 10.1. The van der Waals surface area contributed by atoms with E-state index in [-0.39, 0.29) is 12.0 Å². The lowest BCUT2D eigenvalue weighted by Gasteiger charge is -2.27. The number of aliphatic hydroxyl groups is 1. The van der Waals surface area contributed by atoms with Gasteiger partial charge < -0.3 is 20.5 Å². The SMILES string of the molecule is COc1ccc(N(C(=O)Nc2cc(Cl)ccc2Cl)c2ccnc(N[C@@H](C)C(C)(C)O)n2)cc1. The van der Waals surface area contributed by atoms with Crippen LogP contribution in [0, 0.1) is 0 Å². The van der Waals surface area contributed by atoms with Crippen molar-refractivity contribution in [2.75, 3.05) is 22.6 Å². The van der Waals surface area contributed by atoms with E-state index in [0.717, 1.165) is 0 Å². The van der Waals surface area contributed by atoms with Gasteiger partial charge in [0, 0.05) is 17.3 Å². The molecule has 0 radical (unpaired) electrons. The van der Waals surface area contributed by atoms with Gasteiger partial charge in [-0.15, -0.1) is 0 Å². The number of hydrogen-bond donors (Lipinski definition) is 3. The molecule has 2 amide bonds. The van der Waals surface area contributed by atoms with Gasteiger partial charge in [0.05, 0.1) is 35.2 Å². The van der Waals surface area contributed by atoms with Gasteiger partial charge in [-0.1, -0.05) is 23.2 Å². The van der Waals surface area contributed by atoms with Gasteiger partial charge in [0.15, 0.2) is 0 Å². The molecule has 3 N–H and O–H groups in total. The van der Waals surface area contributed by atoms with Gasteiger partial charge in [-0.3, -0.25) is 0 Å². The number of carbonyl (C=O) groups is 1. The second-order valence-electron chi connectivity index (χ2n) is 7.85. The molecule has 0 spiro atoms. The Morgan fingerprint density at radius 3 is 2.48 bits per heavy atom. The van der Waals surface area contributed by atoms with E-state index in [4.69, 9.17) is 27.9 Å². The topological polar surface area (TPSA) is 99.6 Å². The molecule has 1 heterocycles. The molecular weight excluding hydrogens is 465 g/mol. The Balaban J connectivity index is 1.99. The number of anilines is 4. The number of carbonyl (C=O) groups excluding carboxylic acids is 1. The summed E-state index contributed by atoms with van der Waals surface area (Å²) >= 11 is 12.3. The Morgan fingerprint density at radius 2 is 1.85 bits per heavy atom. The second-order valence-corrected chi connectivity index (χ2v) is 8.69. The van der Waals surface area contributed by atoms with Crippen molar-refractivity contribution < 1.29 is 14.6 Å². The molecule has 0 aliphatic heterocycles. The van der Waals surface area contributed by atoms with Crippen LogP contribution in [0.5, 0.6) is 5.75 Å². The number of halogens is 2. The first-order chi connectivity index (χ1) is 15.6. The van der Waals surface area contributed by atoms with E-state index in [2.05, 4.69) is 20.6 Å². The zero-order valence-electron chi connectivity index (χ0n) is 18.6. The predicted octanol–water partition coefficient (Wildman–Crippen LogP) is 5.73. The molecule has 0 aliphatic carbocycles. The van der Waals surface area contributed by atoms with Gasteiger partial charge in [0.25, 0.3) is 0 Å². The van der Waals surface area contributed by atoms with Crippen LogP contribution in [-0.4, -0.2) is 39.9 Å². The lowest BCUT2D eigenvalue weighted by atomic mass is 10.0. The van der Waals surface area contributed by atoms with Crippen LogP contribution in [0.2, 0.25) is 10.0 Å². The van der Waals surface area contributed by atoms with Crippen LogP contribution >= 0.6 is 23.2 Å². The molecular formula is C23H25Cl2N5O3. The number of aromatic nitrogens is 2. The number of nitrogens with zero attached hydrogens (tertiary/aromatic N) is 3. The fourth-order valence-corrected chi connectivity index (χ4v) is 3.10. The number of urea groups is 1. The molecule has 0 fully saturated rings. The Hall–Kier alpha value is -3.07. The third-order valence-corrected chi connectivity index (χ3v) is 5.54. The monoisotopic (exact) mass is 489 g/mol. The highest BCUT2D eigenvalue weighted by Crippen LogP contribution is 2.30. The molecule has 0 unspecified atom stereocenters. The van der Waals surface area contributed by atoms with Crippen molar-refractivity contribution in [1.29, 1.82) is 0 Å². The third-order valence-electron chi connectivity index (χ3n) is 4.98. The Morgan fingerprint density at radius 1 is 1.15 bits per heavy atom. The van der Waals surface area contributed by atoms with Crippen LogP contribution in [0.1, 0.15) is 20.8 Å². The molecule has 174 valence electrons. The van der Waals surface area contributed by atoms with Crippen LogP contribution in [0.15, 0.2) is 54.7 Å². The Bertz CT molecular complexity index is 1120. The minimum Gasteiger partial charge on any atom is -0.497 e. The summed E-state index contributed by atoms with van der Waals surface area (Å²) in [5, 5.41) is 16.8. The van der Waals surface area contributed by atoms with Gasteiger partial charge >= 0.3 is 6.03 Å². The first-order valence-corrected chi connectivity index (χ1v) is 10.9. The molecule has 2 aromatic carbocycles. The maximum Gasteiger partial charge on any atom is 0.332 e. The highest BCUT2D eigenvalue weighted by atomic mass is 35.5. The highest BCUT2D eigenvalue weighted by Gasteiger charge is 2.25. The molecule has 0 saturated carbocycles. The van der Waals surface area contributed by atoms with Gasteiger partial charge in [0.1, 0.15) is 11.6 Å². The number of hydrogen-bond acceptors (Lipinski definition) is 6. The summed E-state index contributed by atoms with van der Waals surface area (Å²) in [6.45, 7) is 5.17. The number of methoxy groups -OCH3 is 1. The average molecular weight is 490 g/mol. The fourth-order valence-electron chi connectivity index (χ4n) is 2.76. The van der Waals surface area contributed by atoms with E-state index >= 15 is 0 Å². The zero-order valence-corrected chi connectivity index (χ0v) is 20.1. The Kier molecular flexibility index (Phi) is 7.63. The quantitative estimate of drug-likeness (QED) is 0.391. The summed E-state index contributed by atoms with van der Waals surface area (Å²) in [6.07, 6.45) is 1.53. The molecule has 0 bridgehead atoms. The summed E-state index contributed by atoms with van der Waals surface area (Å²) in [4.78, 5) is 23.5. The van der Waals surface area contributed by atoms with E-state index < -0.39 is 11.6 Å². The summed E-state index contributed by atoms with van der Waals surface area (Å²) < 4.78 is 5.22. The number of nitrogens with one attached hydrogen (secondary N) is 2. The molecule has 33 heavy (non-hydrogen) atoms. The van der Waals surface area contributed by atoms with Crippen LogP contribution in [0.4, 0.5) is 27.9 Å². The predicted molar refractivity (Wildman–Crippen MR) is 132 cm³/mol. The summed E-state index contributed by atoms with van der Waals surface area (Å²) in [6, 6.07) is 12.5. The van der Waals surface area contributed by atoms with Gasteiger partial charge in [-0.2, -0.15) is 4.98 Å². The lowest BCUT2D eigenvalue weighted by Crippen LogP contribution is -2.40. The maximum absolute atomic E-state index is 13.4. The molecule has 8 nitrogen and oxygen atoms in total. The van der Waals surface area contributed by atoms with Crippen molar-refractivity contribution in [1.82, 2.24) is 9.97 Å². The van der Waals surface area contributed by atoms with Crippen molar-refractivity contribution in [3.8, 4) is 5.75 Å². The molecule has 3 aromatic rings. The fraction of sp³-hybridized carbons (Fsp3) is 0.261. The van der Waals surface area contributed by atoms with E-state index in [1.165, 1.54) is 11.1 Å². The van der Waals surface area contributed by atoms with Crippen molar-refractivity contribution in [3.05, 3.63) is 64.8 Å². The molecule has 1 atom stereocenters. The average Bonchev–Trinajstić information content (AvgIpc) is 2.76. The van der Waals surface area contributed by atoms with Crippen molar-refractivity contribution in [2.24, 2.45) is 0 Å². The van der Waals surface area contributed by atoms with Gasteiger partial charge in [-0.05, 0) is 63.2 Å². The minimum atomic E-state index is -1.00. The molecule has 1 aromatic heterocycles. The second kappa shape index (κ2) is 10.2. The van der Waals surface area contributed by atoms with Crippen LogP contribution < -0.4 is 20.3 Å². The molecule has 0 saturated heterocycles.